The molecule has 1 aliphatic rings. The Labute approximate surface area is 78.0 Å². The van der Waals surface area contributed by atoms with Crippen LogP contribution in [-0.4, -0.2) is 5.11 Å². The highest BCUT2D eigenvalue weighted by Gasteiger charge is 2.11. The minimum Gasteiger partial charge on any atom is -0.508 e. The lowest BCUT2D eigenvalue weighted by Gasteiger charge is -2.14. The quantitative estimate of drug-likeness (QED) is 0.690. The second-order valence-electron chi connectivity index (χ2n) is 3.21. The second kappa shape index (κ2) is 3.48. The Kier molecular flexibility index (Phi) is 2.17. The molecule has 0 fully saturated rings. The molecule has 1 aromatic carbocycles. The Hall–Kier alpha value is -1.50. The fraction of sp³-hybridized carbons (Fsp3) is 0.167. The van der Waals surface area contributed by atoms with Crippen molar-refractivity contribution in [2.24, 2.45) is 0 Å². The highest BCUT2D eigenvalue weighted by molar-refractivity contribution is 5.39. The summed E-state index contributed by atoms with van der Waals surface area (Å²) in [6.07, 6.45) is 9.29. The number of allylic oxidation sites excluding steroid dienone is 4. The molecule has 0 amide bonds. The molecule has 13 heavy (non-hydrogen) atoms. The van der Waals surface area contributed by atoms with E-state index >= 15 is 0 Å². The predicted molar refractivity (Wildman–Crippen MR) is 53.7 cm³/mol. The minimum absolute atomic E-state index is 0.339. The van der Waals surface area contributed by atoms with Gasteiger partial charge in [-0.25, -0.2) is 0 Å². The van der Waals surface area contributed by atoms with Gasteiger partial charge in [-0.1, -0.05) is 42.5 Å². The van der Waals surface area contributed by atoms with Crippen LogP contribution < -0.4 is 0 Å². The normalized spacial score (nSPS) is 20.5. The number of hydrogen-bond donors (Lipinski definition) is 1. The maximum absolute atomic E-state index is 9.60. The Morgan fingerprint density at radius 3 is 2.69 bits per heavy atom. The summed E-state index contributed by atoms with van der Waals surface area (Å²) in [6.45, 7) is 0. The van der Waals surface area contributed by atoms with E-state index in [4.69, 9.17) is 0 Å². The first-order valence-corrected chi connectivity index (χ1v) is 4.49. The topological polar surface area (TPSA) is 20.2 Å². The third-order valence-electron chi connectivity index (χ3n) is 2.32. The summed E-state index contributed by atoms with van der Waals surface area (Å²) < 4.78 is 0. The summed E-state index contributed by atoms with van der Waals surface area (Å²) >= 11 is 0. The van der Waals surface area contributed by atoms with Gasteiger partial charge in [0.05, 0.1) is 0 Å². The van der Waals surface area contributed by atoms with E-state index in [0.717, 1.165) is 12.0 Å². The van der Waals surface area contributed by atoms with Crippen LogP contribution in [0.4, 0.5) is 0 Å². The maximum atomic E-state index is 9.60. The average Bonchev–Trinajstić information content (AvgIpc) is 2.20. The van der Waals surface area contributed by atoms with E-state index in [1.54, 1.807) is 6.07 Å². The number of hydrogen-bond acceptors (Lipinski definition) is 1. The fourth-order valence-electron chi connectivity index (χ4n) is 1.61. The van der Waals surface area contributed by atoms with E-state index < -0.39 is 0 Å². The molecule has 0 saturated carbocycles. The van der Waals surface area contributed by atoms with Crippen molar-refractivity contribution >= 4 is 0 Å². The summed E-state index contributed by atoms with van der Waals surface area (Å²) in [5.41, 5.74) is 1.02. The summed E-state index contributed by atoms with van der Waals surface area (Å²) in [5.74, 6) is 0.735. The molecule has 0 heterocycles. The zero-order valence-corrected chi connectivity index (χ0v) is 7.35. The number of phenols is 1. The molecule has 0 aliphatic heterocycles. The molecule has 1 unspecified atom stereocenters. The van der Waals surface area contributed by atoms with Gasteiger partial charge in [0.2, 0.25) is 0 Å². The molecule has 1 nitrogen and oxygen atoms in total. The summed E-state index contributed by atoms with van der Waals surface area (Å²) in [5, 5.41) is 9.60. The van der Waals surface area contributed by atoms with Crippen molar-refractivity contribution in [3.8, 4) is 5.75 Å². The van der Waals surface area contributed by atoms with Crippen LogP contribution in [0.3, 0.4) is 0 Å². The van der Waals surface area contributed by atoms with Gasteiger partial charge >= 0.3 is 0 Å². The minimum atomic E-state index is 0.339. The van der Waals surface area contributed by atoms with Crippen LogP contribution in [-0.2, 0) is 0 Å². The van der Waals surface area contributed by atoms with Gasteiger partial charge in [0.1, 0.15) is 5.75 Å². The van der Waals surface area contributed by atoms with Crippen LogP contribution in [0.5, 0.6) is 5.75 Å². The Bertz CT molecular complexity index is 350. The molecule has 0 bridgehead atoms. The zero-order valence-electron chi connectivity index (χ0n) is 7.35. The summed E-state index contributed by atoms with van der Waals surface area (Å²) in [4.78, 5) is 0. The summed E-state index contributed by atoms with van der Waals surface area (Å²) in [6, 6.07) is 7.52. The molecule has 66 valence electrons. The number of rotatable bonds is 1. The SMILES string of the molecule is Oc1ccccc1C1C=CC=CC1. The molecule has 1 heteroatoms. The lowest BCUT2D eigenvalue weighted by Crippen LogP contribution is -1.95. The molecule has 1 aliphatic carbocycles. The number of aromatic hydroxyl groups is 1. The van der Waals surface area contributed by atoms with Crippen LogP contribution in [0.1, 0.15) is 17.9 Å². The van der Waals surface area contributed by atoms with Crippen molar-refractivity contribution in [1.82, 2.24) is 0 Å². The molecule has 0 saturated heterocycles. The smallest absolute Gasteiger partial charge is 0.119 e. The summed E-state index contributed by atoms with van der Waals surface area (Å²) in [7, 11) is 0. The number of phenolic OH excluding ortho intramolecular Hbond substituents is 1. The first-order chi connectivity index (χ1) is 6.38. The standard InChI is InChI=1S/C12H12O/c13-12-9-5-4-8-11(12)10-6-2-1-3-7-10/h1-6,8-10,13H,7H2. The predicted octanol–water partition coefficient (Wildman–Crippen LogP) is 2.99. The van der Waals surface area contributed by atoms with E-state index in [0.29, 0.717) is 11.7 Å². The van der Waals surface area contributed by atoms with Gasteiger partial charge in [-0.2, -0.15) is 0 Å². The molecule has 1 N–H and O–H groups in total. The van der Waals surface area contributed by atoms with Gasteiger partial charge in [0, 0.05) is 11.5 Å². The maximum Gasteiger partial charge on any atom is 0.119 e. The molecule has 1 atom stereocenters. The number of benzene rings is 1. The Balaban J connectivity index is 2.30. The molecule has 2 rings (SSSR count). The monoisotopic (exact) mass is 172 g/mol. The third kappa shape index (κ3) is 1.64. The molecule has 0 radical (unpaired) electrons. The van der Waals surface area contributed by atoms with Crippen molar-refractivity contribution < 1.29 is 5.11 Å². The first-order valence-electron chi connectivity index (χ1n) is 4.49. The first kappa shape index (κ1) is 8.11. The Morgan fingerprint density at radius 1 is 1.15 bits per heavy atom. The lowest BCUT2D eigenvalue weighted by atomic mass is 9.92. The van der Waals surface area contributed by atoms with Crippen molar-refractivity contribution in [3.63, 3.8) is 0 Å². The fourth-order valence-corrected chi connectivity index (χ4v) is 1.61. The third-order valence-corrected chi connectivity index (χ3v) is 2.32. The van der Waals surface area contributed by atoms with Crippen molar-refractivity contribution in [3.05, 3.63) is 54.1 Å². The molecule has 0 spiro atoms. The van der Waals surface area contributed by atoms with Crippen LogP contribution >= 0.6 is 0 Å². The molecular formula is C12H12O. The van der Waals surface area contributed by atoms with Crippen LogP contribution in [0.15, 0.2) is 48.6 Å². The molecular weight excluding hydrogens is 160 g/mol. The van der Waals surface area contributed by atoms with E-state index in [1.807, 2.05) is 30.4 Å². The number of para-hydroxylation sites is 1. The van der Waals surface area contributed by atoms with Gasteiger partial charge in [0.25, 0.3) is 0 Å². The van der Waals surface area contributed by atoms with Gasteiger partial charge < -0.3 is 5.11 Å². The van der Waals surface area contributed by atoms with E-state index in [9.17, 15) is 5.11 Å². The van der Waals surface area contributed by atoms with Gasteiger partial charge in [-0.05, 0) is 12.5 Å². The van der Waals surface area contributed by atoms with Gasteiger partial charge in [-0.3, -0.25) is 0 Å². The molecule has 0 aromatic heterocycles. The highest BCUT2D eigenvalue weighted by atomic mass is 16.3. The van der Waals surface area contributed by atoms with Crippen molar-refractivity contribution in [1.29, 1.82) is 0 Å². The van der Waals surface area contributed by atoms with Crippen LogP contribution in [0, 0.1) is 0 Å². The van der Waals surface area contributed by atoms with Gasteiger partial charge in [-0.15, -0.1) is 0 Å². The van der Waals surface area contributed by atoms with E-state index in [2.05, 4.69) is 12.2 Å². The lowest BCUT2D eigenvalue weighted by molar-refractivity contribution is 0.465. The Morgan fingerprint density at radius 2 is 2.00 bits per heavy atom. The van der Waals surface area contributed by atoms with Crippen molar-refractivity contribution in [2.45, 2.75) is 12.3 Å². The van der Waals surface area contributed by atoms with Crippen LogP contribution in [0.25, 0.3) is 0 Å². The largest absolute Gasteiger partial charge is 0.508 e. The van der Waals surface area contributed by atoms with Crippen LogP contribution in [0.2, 0.25) is 0 Å². The van der Waals surface area contributed by atoms with Gasteiger partial charge in [0.15, 0.2) is 0 Å². The second-order valence-corrected chi connectivity index (χ2v) is 3.21. The molecule has 1 aromatic rings. The zero-order chi connectivity index (χ0) is 9.10. The highest BCUT2D eigenvalue weighted by Crippen LogP contribution is 2.30. The van der Waals surface area contributed by atoms with E-state index in [-0.39, 0.29) is 0 Å². The van der Waals surface area contributed by atoms with E-state index in [1.165, 1.54) is 0 Å². The average molecular weight is 172 g/mol. The van der Waals surface area contributed by atoms with Crippen molar-refractivity contribution in [2.75, 3.05) is 0 Å².